The number of nitrogens with zero attached hydrogens (tertiary/aromatic N) is 1. The first-order chi connectivity index (χ1) is 17.0. The number of para-hydroxylation sites is 1. The van der Waals surface area contributed by atoms with Crippen LogP contribution >= 0.6 is 0 Å². The fourth-order valence-corrected chi connectivity index (χ4v) is 4.93. The number of fused-ring (bicyclic) bond motifs is 3. The third-order valence-electron chi connectivity index (χ3n) is 6.83. The zero-order valence-electron chi connectivity index (χ0n) is 19.1. The third-order valence-corrected chi connectivity index (χ3v) is 6.83. The van der Waals surface area contributed by atoms with E-state index < -0.39 is 18.1 Å². The maximum absolute atomic E-state index is 12.7. The Morgan fingerprint density at radius 1 is 0.914 bits per heavy atom. The van der Waals surface area contributed by atoms with Crippen molar-refractivity contribution in [1.82, 2.24) is 4.90 Å². The summed E-state index contributed by atoms with van der Waals surface area (Å²) in [4.78, 5) is 37.7. The molecule has 3 aromatic carbocycles. The summed E-state index contributed by atoms with van der Waals surface area (Å²) in [5.41, 5.74) is 5.99. The molecule has 3 aromatic rings. The molecule has 2 N–H and O–H groups in total. The van der Waals surface area contributed by atoms with E-state index in [0.29, 0.717) is 25.1 Å². The van der Waals surface area contributed by atoms with Crippen molar-refractivity contribution in [2.45, 2.75) is 31.2 Å². The van der Waals surface area contributed by atoms with E-state index in [2.05, 4.69) is 29.6 Å². The lowest BCUT2D eigenvalue weighted by Gasteiger charge is -2.38. The molecule has 178 valence electrons. The molecule has 0 bridgehead atoms. The highest BCUT2D eigenvalue weighted by atomic mass is 16.5. The molecule has 1 unspecified atom stereocenters. The van der Waals surface area contributed by atoms with E-state index in [-0.39, 0.29) is 24.9 Å². The van der Waals surface area contributed by atoms with Crippen LogP contribution in [0.25, 0.3) is 11.1 Å². The number of carbonyl (C=O) groups is 3. The van der Waals surface area contributed by atoms with Gasteiger partial charge >= 0.3 is 12.1 Å². The molecule has 5 rings (SSSR count). The second kappa shape index (κ2) is 9.62. The Kier molecular flexibility index (Phi) is 6.23. The number of hydrogen-bond acceptors (Lipinski definition) is 4. The first-order valence-electron chi connectivity index (χ1n) is 11.7. The van der Waals surface area contributed by atoms with Gasteiger partial charge in [-0.05, 0) is 46.7 Å². The van der Waals surface area contributed by atoms with E-state index in [1.165, 1.54) is 16.0 Å². The van der Waals surface area contributed by atoms with E-state index >= 15 is 0 Å². The molecule has 1 aliphatic carbocycles. The minimum absolute atomic E-state index is 0.0280. The molecular weight excluding hydrogens is 444 g/mol. The maximum atomic E-state index is 12.7. The fraction of sp³-hybridized carbons (Fsp3) is 0.250. The van der Waals surface area contributed by atoms with Crippen molar-refractivity contribution in [3.63, 3.8) is 0 Å². The Bertz CT molecular complexity index is 1240. The summed E-state index contributed by atoms with van der Waals surface area (Å²) >= 11 is 0. The van der Waals surface area contributed by atoms with Crippen LogP contribution in [0.4, 0.5) is 10.5 Å². The highest BCUT2D eigenvalue weighted by Gasteiger charge is 2.37. The average molecular weight is 471 g/mol. The Balaban J connectivity index is 1.21. The maximum Gasteiger partial charge on any atom is 0.411 e. The molecule has 0 saturated carbocycles. The van der Waals surface area contributed by atoms with Crippen LogP contribution in [0, 0.1) is 0 Å². The van der Waals surface area contributed by atoms with Crippen molar-refractivity contribution < 1.29 is 24.2 Å². The van der Waals surface area contributed by atoms with Crippen LogP contribution in [-0.2, 0) is 20.7 Å². The summed E-state index contributed by atoms with van der Waals surface area (Å²) in [5.74, 6) is -1.19. The summed E-state index contributed by atoms with van der Waals surface area (Å²) < 4.78 is 5.64. The lowest BCUT2D eigenvalue weighted by atomic mass is 9.98. The summed E-state index contributed by atoms with van der Waals surface area (Å²) in [6, 6.07) is 22.9. The normalized spacial score (nSPS) is 16.1. The van der Waals surface area contributed by atoms with Crippen molar-refractivity contribution >= 4 is 23.7 Å². The van der Waals surface area contributed by atoms with Gasteiger partial charge in [-0.1, -0.05) is 66.7 Å². The molecule has 1 fully saturated rings. The molecule has 0 radical (unpaired) electrons. The Morgan fingerprint density at radius 3 is 2.17 bits per heavy atom. The zero-order valence-corrected chi connectivity index (χ0v) is 19.1. The van der Waals surface area contributed by atoms with Crippen LogP contribution in [-0.4, -0.2) is 47.2 Å². The van der Waals surface area contributed by atoms with Gasteiger partial charge < -0.3 is 14.7 Å². The van der Waals surface area contributed by atoms with E-state index in [1.54, 1.807) is 12.1 Å². The number of hydrogen-bond donors (Lipinski definition) is 2. The van der Waals surface area contributed by atoms with Crippen molar-refractivity contribution in [3.05, 3.63) is 89.5 Å². The van der Waals surface area contributed by atoms with Gasteiger partial charge in [0.15, 0.2) is 0 Å². The number of carboxylic acid groups (broad SMARTS) is 1. The fourth-order valence-electron chi connectivity index (χ4n) is 4.93. The molecule has 1 aliphatic heterocycles. The predicted molar refractivity (Wildman–Crippen MR) is 131 cm³/mol. The van der Waals surface area contributed by atoms with Crippen LogP contribution in [0.1, 0.15) is 35.4 Å². The molecule has 2 amide bonds. The number of amides is 2. The summed E-state index contributed by atoms with van der Waals surface area (Å²) in [6.45, 7) is 0.682. The minimum Gasteiger partial charge on any atom is -0.480 e. The predicted octanol–water partition coefficient (Wildman–Crippen LogP) is 4.67. The second-order valence-corrected chi connectivity index (χ2v) is 8.84. The number of carbonyl (C=O) groups excluding carboxylic acids is 2. The Labute approximate surface area is 203 Å². The van der Waals surface area contributed by atoms with Gasteiger partial charge in [0.1, 0.15) is 12.6 Å². The van der Waals surface area contributed by atoms with Crippen molar-refractivity contribution in [2.75, 3.05) is 18.5 Å². The SMILES string of the molecule is O=C(Nc1ccccc1CCC(=O)N1CCC1C(=O)O)OCC1c2ccccc2-c2ccccc21. The number of benzene rings is 3. The number of nitrogens with one attached hydrogen (secondary N) is 1. The van der Waals surface area contributed by atoms with Crippen molar-refractivity contribution in [3.8, 4) is 11.1 Å². The van der Waals surface area contributed by atoms with E-state index in [1.807, 2.05) is 36.4 Å². The van der Waals surface area contributed by atoms with Crippen LogP contribution in [0.5, 0.6) is 0 Å². The topological polar surface area (TPSA) is 95.9 Å². The third kappa shape index (κ3) is 4.49. The van der Waals surface area contributed by atoms with Gasteiger partial charge in [-0.2, -0.15) is 0 Å². The molecule has 1 heterocycles. The average Bonchev–Trinajstić information content (AvgIpc) is 3.15. The van der Waals surface area contributed by atoms with Crippen LogP contribution in [0.15, 0.2) is 72.8 Å². The van der Waals surface area contributed by atoms with Gasteiger partial charge in [0.05, 0.1) is 0 Å². The van der Waals surface area contributed by atoms with Gasteiger partial charge in [0.2, 0.25) is 5.91 Å². The van der Waals surface area contributed by atoms with Gasteiger partial charge in [-0.25, -0.2) is 9.59 Å². The lowest BCUT2D eigenvalue weighted by molar-refractivity contribution is -0.157. The van der Waals surface area contributed by atoms with Gasteiger partial charge in [-0.15, -0.1) is 0 Å². The molecule has 1 saturated heterocycles. The number of aryl methyl sites for hydroxylation is 1. The number of anilines is 1. The molecular formula is C28H26N2O5. The number of rotatable bonds is 7. The minimum atomic E-state index is -0.970. The molecule has 2 aliphatic rings. The zero-order chi connectivity index (χ0) is 24.4. The smallest absolute Gasteiger partial charge is 0.411 e. The van der Waals surface area contributed by atoms with Crippen LogP contribution < -0.4 is 5.32 Å². The molecule has 1 atom stereocenters. The second-order valence-electron chi connectivity index (χ2n) is 8.84. The molecule has 7 nitrogen and oxygen atoms in total. The number of aliphatic carboxylic acids is 1. The van der Waals surface area contributed by atoms with Gasteiger partial charge in [0.25, 0.3) is 0 Å². The molecule has 35 heavy (non-hydrogen) atoms. The summed E-state index contributed by atoms with van der Waals surface area (Å²) in [6.07, 6.45) is 0.495. The number of likely N-dealkylation sites (tertiary alicyclic amines) is 1. The summed E-state index contributed by atoms with van der Waals surface area (Å²) in [5, 5.41) is 12.0. The monoisotopic (exact) mass is 470 g/mol. The number of carboxylic acids is 1. The Hall–Kier alpha value is -4.13. The van der Waals surface area contributed by atoms with E-state index in [9.17, 15) is 14.4 Å². The van der Waals surface area contributed by atoms with E-state index in [0.717, 1.165) is 16.7 Å². The van der Waals surface area contributed by atoms with Crippen LogP contribution in [0.2, 0.25) is 0 Å². The standard InChI is InChI=1S/C28H26N2O5/c31-26(30-16-15-25(30)27(32)33)14-13-18-7-1-6-12-24(18)29-28(34)35-17-23-21-10-4-2-8-19(21)20-9-3-5-11-22(20)23/h1-12,23,25H,13-17H2,(H,29,34)(H,32,33). The highest BCUT2D eigenvalue weighted by Crippen LogP contribution is 2.44. The lowest BCUT2D eigenvalue weighted by Crippen LogP contribution is -2.55. The first kappa shape index (κ1) is 22.7. The molecule has 0 spiro atoms. The summed E-state index contributed by atoms with van der Waals surface area (Å²) in [7, 11) is 0. The molecule has 7 heteroatoms. The molecule has 0 aromatic heterocycles. The highest BCUT2D eigenvalue weighted by molar-refractivity contribution is 5.87. The largest absolute Gasteiger partial charge is 0.480 e. The van der Waals surface area contributed by atoms with Crippen molar-refractivity contribution in [2.24, 2.45) is 0 Å². The van der Waals surface area contributed by atoms with Gasteiger partial charge in [-0.3, -0.25) is 10.1 Å². The Morgan fingerprint density at radius 2 is 1.54 bits per heavy atom. The van der Waals surface area contributed by atoms with Crippen LogP contribution in [0.3, 0.4) is 0 Å². The van der Waals surface area contributed by atoms with E-state index in [4.69, 9.17) is 9.84 Å². The van der Waals surface area contributed by atoms with Gasteiger partial charge in [0, 0.05) is 24.6 Å². The van der Waals surface area contributed by atoms with Crippen molar-refractivity contribution in [1.29, 1.82) is 0 Å². The first-order valence-corrected chi connectivity index (χ1v) is 11.7. The number of ether oxygens (including phenoxy) is 1. The quantitative estimate of drug-likeness (QED) is 0.523.